The first-order valence-electron chi connectivity index (χ1n) is 6.42. The van der Waals surface area contributed by atoms with Gasteiger partial charge in [0.15, 0.2) is 5.78 Å². The Bertz CT molecular complexity index is 787. The molecule has 0 radical (unpaired) electrons. The molecule has 1 aromatic carbocycles. The second-order valence-corrected chi connectivity index (χ2v) is 4.78. The van der Waals surface area contributed by atoms with Crippen LogP contribution in [0.25, 0.3) is 5.69 Å². The maximum Gasteiger partial charge on any atom is 0.164 e. The van der Waals surface area contributed by atoms with Crippen LogP contribution in [0.5, 0.6) is 0 Å². The fourth-order valence-corrected chi connectivity index (χ4v) is 2.64. The third-order valence-electron chi connectivity index (χ3n) is 3.63. The van der Waals surface area contributed by atoms with Crippen LogP contribution in [0, 0.1) is 22.7 Å². The van der Waals surface area contributed by atoms with Gasteiger partial charge in [0, 0.05) is 29.6 Å². The van der Waals surface area contributed by atoms with Crippen LogP contribution in [0.4, 0.5) is 0 Å². The number of aromatic nitrogens is 1. The van der Waals surface area contributed by atoms with Crippen LogP contribution < -0.4 is 0 Å². The fraction of sp³-hybridized carbons (Fsp3) is 0.188. The third-order valence-corrected chi connectivity index (χ3v) is 3.63. The first-order valence-corrected chi connectivity index (χ1v) is 6.42. The van der Waals surface area contributed by atoms with E-state index in [1.54, 1.807) is 18.2 Å². The van der Waals surface area contributed by atoms with E-state index in [9.17, 15) is 4.79 Å². The lowest BCUT2D eigenvalue weighted by Crippen LogP contribution is -2.12. The van der Waals surface area contributed by atoms with Crippen molar-refractivity contribution < 1.29 is 4.79 Å². The Morgan fingerprint density at radius 2 is 1.85 bits per heavy atom. The Morgan fingerprint density at radius 3 is 2.60 bits per heavy atom. The summed E-state index contributed by atoms with van der Waals surface area (Å²) in [6.07, 6.45) is 4.18. The zero-order chi connectivity index (χ0) is 14.1. The van der Waals surface area contributed by atoms with E-state index >= 15 is 0 Å². The molecule has 0 unspecified atom stereocenters. The fourth-order valence-electron chi connectivity index (χ4n) is 2.64. The molecule has 1 aromatic heterocycles. The molecule has 0 bridgehead atoms. The first-order chi connectivity index (χ1) is 9.74. The topological polar surface area (TPSA) is 69.6 Å². The molecule has 0 fully saturated rings. The number of fused-ring (bicyclic) bond motifs is 1. The molecule has 20 heavy (non-hydrogen) atoms. The molecule has 1 aliphatic rings. The molecular weight excluding hydrogens is 250 g/mol. The quantitative estimate of drug-likeness (QED) is 0.792. The lowest BCUT2D eigenvalue weighted by atomic mass is 9.96. The van der Waals surface area contributed by atoms with Crippen molar-refractivity contribution in [2.75, 3.05) is 0 Å². The van der Waals surface area contributed by atoms with Gasteiger partial charge in [-0.05, 0) is 37.1 Å². The predicted octanol–water partition coefficient (Wildman–Crippen LogP) is 2.74. The summed E-state index contributed by atoms with van der Waals surface area (Å²) in [5.74, 6) is 0.180. The van der Waals surface area contributed by atoms with Gasteiger partial charge < -0.3 is 4.57 Å². The number of hydrogen-bond donors (Lipinski definition) is 0. The van der Waals surface area contributed by atoms with E-state index in [-0.39, 0.29) is 5.78 Å². The van der Waals surface area contributed by atoms with Crippen molar-refractivity contribution in [3.05, 3.63) is 52.8 Å². The number of carbonyl (C=O) groups is 1. The molecule has 0 atom stereocenters. The molecule has 0 saturated heterocycles. The minimum absolute atomic E-state index is 0.180. The van der Waals surface area contributed by atoms with Gasteiger partial charge in [0.05, 0.1) is 11.1 Å². The van der Waals surface area contributed by atoms with Crippen molar-refractivity contribution in [1.82, 2.24) is 4.57 Å². The van der Waals surface area contributed by atoms with Gasteiger partial charge in [-0.1, -0.05) is 0 Å². The Labute approximate surface area is 116 Å². The Kier molecular flexibility index (Phi) is 2.85. The van der Waals surface area contributed by atoms with Crippen LogP contribution in [0.3, 0.4) is 0 Å². The van der Waals surface area contributed by atoms with Crippen molar-refractivity contribution in [3.8, 4) is 17.8 Å². The van der Waals surface area contributed by atoms with Crippen LogP contribution >= 0.6 is 0 Å². The summed E-state index contributed by atoms with van der Waals surface area (Å²) in [7, 11) is 0. The predicted molar refractivity (Wildman–Crippen MR) is 72.5 cm³/mol. The SMILES string of the molecule is N#Cc1ccc(-n2ccc3c2CCCC3=O)cc1C#N. The van der Waals surface area contributed by atoms with Gasteiger partial charge in [0.2, 0.25) is 0 Å². The van der Waals surface area contributed by atoms with Crippen LogP contribution in [0.2, 0.25) is 0 Å². The Balaban J connectivity index is 2.14. The Hall–Kier alpha value is -2.85. The van der Waals surface area contributed by atoms with Gasteiger partial charge >= 0.3 is 0 Å². The number of nitriles is 2. The van der Waals surface area contributed by atoms with Crippen LogP contribution in [-0.2, 0) is 6.42 Å². The highest BCUT2D eigenvalue weighted by atomic mass is 16.1. The number of ketones is 1. The van der Waals surface area contributed by atoms with Crippen molar-refractivity contribution in [2.45, 2.75) is 19.3 Å². The van der Waals surface area contributed by atoms with E-state index in [2.05, 4.69) is 0 Å². The molecule has 0 saturated carbocycles. The number of nitrogens with zero attached hydrogens (tertiary/aromatic N) is 3. The summed E-state index contributed by atoms with van der Waals surface area (Å²) < 4.78 is 1.94. The summed E-state index contributed by atoms with van der Waals surface area (Å²) in [4.78, 5) is 11.8. The maximum atomic E-state index is 11.8. The zero-order valence-corrected chi connectivity index (χ0v) is 10.8. The standard InChI is InChI=1S/C16H11N3O/c17-9-11-4-5-13(8-12(11)10-18)19-7-6-14-15(19)2-1-3-16(14)20/h4-8H,1-3H2. The van der Waals surface area contributed by atoms with Gasteiger partial charge in [0.1, 0.15) is 12.1 Å². The second-order valence-electron chi connectivity index (χ2n) is 4.78. The largest absolute Gasteiger partial charge is 0.320 e. The molecule has 1 heterocycles. The molecule has 0 aliphatic heterocycles. The lowest BCUT2D eigenvalue weighted by Gasteiger charge is -2.15. The van der Waals surface area contributed by atoms with E-state index in [1.807, 2.05) is 29.0 Å². The molecule has 4 heteroatoms. The highest BCUT2D eigenvalue weighted by Crippen LogP contribution is 2.26. The minimum Gasteiger partial charge on any atom is -0.320 e. The van der Waals surface area contributed by atoms with Crippen molar-refractivity contribution >= 4 is 5.78 Å². The van der Waals surface area contributed by atoms with Gasteiger partial charge in [-0.2, -0.15) is 10.5 Å². The van der Waals surface area contributed by atoms with Crippen molar-refractivity contribution in [3.63, 3.8) is 0 Å². The average molecular weight is 261 g/mol. The molecule has 4 nitrogen and oxygen atoms in total. The van der Waals surface area contributed by atoms with E-state index < -0.39 is 0 Å². The summed E-state index contributed by atoms with van der Waals surface area (Å²) in [5, 5.41) is 18.0. The van der Waals surface area contributed by atoms with Crippen LogP contribution in [-0.4, -0.2) is 10.4 Å². The average Bonchev–Trinajstić information content (AvgIpc) is 2.92. The van der Waals surface area contributed by atoms with E-state index in [4.69, 9.17) is 10.5 Å². The number of Topliss-reactive ketones (excluding diaryl/α,β-unsaturated/α-hetero) is 1. The summed E-state index contributed by atoms with van der Waals surface area (Å²) in [6.45, 7) is 0. The van der Waals surface area contributed by atoms with E-state index in [0.717, 1.165) is 29.8 Å². The minimum atomic E-state index is 0.180. The maximum absolute atomic E-state index is 11.8. The van der Waals surface area contributed by atoms with E-state index in [0.29, 0.717) is 17.5 Å². The van der Waals surface area contributed by atoms with Gasteiger partial charge in [0.25, 0.3) is 0 Å². The number of carbonyl (C=O) groups excluding carboxylic acids is 1. The normalized spacial score (nSPS) is 13.4. The second kappa shape index (κ2) is 4.68. The molecule has 2 aromatic rings. The molecule has 3 rings (SSSR count). The van der Waals surface area contributed by atoms with Crippen LogP contribution in [0.15, 0.2) is 30.5 Å². The molecular formula is C16H11N3O. The molecule has 0 amide bonds. The summed E-state index contributed by atoms with van der Waals surface area (Å²) in [6, 6.07) is 11.0. The zero-order valence-electron chi connectivity index (χ0n) is 10.8. The number of rotatable bonds is 1. The molecule has 1 aliphatic carbocycles. The van der Waals surface area contributed by atoms with Crippen LogP contribution in [0.1, 0.15) is 40.0 Å². The summed E-state index contributed by atoms with van der Waals surface area (Å²) >= 11 is 0. The highest BCUT2D eigenvalue weighted by Gasteiger charge is 2.21. The number of benzene rings is 1. The lowest BCUT2D eigenvalue weighted by molar-refractivity contribution is 0.0972. The van der Waals surface area contributed by atoms with Crippen molar-refractivity contribution in [1.29, 1.82) is 10.5 Å². The van der Waals surface area contributed by atoms with Crippen molar-refractivity contribution in [2.24, 2.45) is 0 Å². The van der Waals surface area contributed by atoms with Gasteiger partial charge in [-0.3, -0.25) is 4.79 Å². The Morgan fingerprint density at radius 1 is 1.05 bits per heavy atom. The molecule has 96 valence electrons. The van der Waals surface area contributed by atoms with Gasteiger partial charge in [-0.25, -0.2) is 0 Å². The first kappa shape index (κ1) is 12.2. The monoisotopic (exact) mass is 261 g/mol. The summed E-state index contributed by atoms with van der Waals surface area (Å²) in [5.41, 5.74) is 3.31. The molecule has 0 spiro atoms. The third kappa shape index (κ3) is 1.79. The van der Waals surface area contributed by atoms with Gasteiger partial charge in [-0.15, -0.1) is 0 Å². The van der Waals surface area contributed by atoms with E-state index in [1.165, 1.54) is 0 Å². The smallest absolute Gasteiger partial charge is 0.164 e. The molecule has 0 N–H and O–H groups in total. The highest BCUT2D eigenvalue weighted by molar-refractivity contribution is 5.98. The number of hydrogen-bond acceptors (Lipinski definition) is 3.